The smallest absolute Gasteiger partial charge is 0.416 e. The number of morpholine rings is 1. The first-order valence-corrected chi connectivity index (χ1v) is 12.8. The van der Waals surface area contributed by atoms with Gasteiger partial charge in [-0.3, -0.25) is 4.79 Å². The van der Waals surface area contributed by atoms with E-state index in [1.165, 1.54) is 36.3 Å². The summed E-state index contributed by atoms with van der Waals surface area (Å²) in [6.07, 6.45) is 0.102. The summed E-state index contributed by atoms with van der Waals surface area (Å²) in [4.78, 5) is 34.5. The molecular weight excluding hydrogens is 523 g/mol. The van der Waals surface area contributed by atoms with Gasteiger partial charge in [0, 0.05) is 38.3 Å². The molecule has 1 aliphatic rings. The minimum atomic E-state index is -4.45. The zero-order chi connectivity index (χ0) is 28.5. The standard InChI is InChI=1S/C30H30F3N3O4/c1-39-29(38)26(19-23-5-3-2-4-6-23)36(21-24-9-13-27(34-20-24)35-15-17-40-18-16-35)28(37)14-10-22-7-11-25(12-8-22)30(31,32)33/h2-14,20,26H,15-19,21H2,1H3/b14-10+/t26-/m0/s1. The number of anilines is 1. The van der Waals surface area contributed by atoms with E-state index in [-0.39, 0.29) is 13.0 Å². The Bertz CT molecular complexity index is 1290. The lowest BCUT2D eigenvalue weighted by molar-refractivity contribution is -0.151. The highest BCUT2D eigenvalue weighted by molar-refractivity contribution is 5.94. The van der Waals surface area contributed by atoms with E-state index >= 15 is 0 Å². The average molecular weight is 554 g/mol. The summed E-state index contributed by atoms with van der Waals surface area (Å²) in [5.74, 6) is -0.289. The quantitative estimate of drug-likeness (QED) is 0.281. The fraction of sp³-hybridized carbons (Fsp3) is 0.300. The number of aromatic nitrogens is 1. The molecule has 1 amide bonds. The Labute approximate surface area is 230 Å². The molecule has 210 valence electrons. The SMILES string of the molecule is COC(=O)[C@H](Cc1ccccc1)N(Cc1ccc(N2CCOCC2)nc1)C(=O)/C=C/c1ccc(C(F)(F)F)cc1. The fourth-order valence-electron chi connectivity index (χ4n) is 4.37. The number of ether oxygens (including phenoxy) is 2. The number of halogens is 3. The Morgan fingerprint density at radius 3 is 2.33 bits per heavy atom. The van der Waals surface area contributed by atoms with Crippen LogP contribution >= 0.6 is 0 Å². The molecule has 2 aromatic carbocycles. The molecule has 0 saturated carbocycles. The summed E-state index contributed by atoms with van der Waals surface area (Å²) in [5, 5.41) is 0. The van der Waals surface area contributed by atoms with Gasteiger partial charge in [-0.25, -0.2) is 9.78 Å². The highest BCUT2D eigenvalue weighted by Gasteiger charge is 2.31. The van der Waals surface area contributed by atoms with Gasteiger partial charge >= 0.3 is 12.1 Å². The van der Waals surface area contributed by atoms with Gasteiger partial charge in [0.25, 0.3) is 0 Å². The van der Waals surface area contributed by atoms with Gasteiger partial charge in [0.05, 0.1) is 25.9 Å². The molecule has 7 nitrogen and oxygen atoms in total. The first-order chi connectivity index (χ1) is 19.2. The third kappa shape index (κ3) is 7.69. The average Bonchev–Trinajstić information content (AvgIpc) is 2.98. The van der Waals surface area contributed by atoms with Gasteiger partial charge in [-0.2, -0.15) is 13.2 Å². The Hall–Kier alpha value is -4.18. The number of carbonyl (C=O) groups is 2. The van der Waals surface area contributed by atoms with Crippen molar-refractivity contribution < 1.29 is 32.2 Å². The van der Waals surface area contributed by atoms with Crippen molar-refractivity contribution in [2.45, 2.75) is 25.2 Å². The van der Waals surface area contributed by atoms with Crippen LogP contribution in [-0.2, 0) is 38.2 Å². The van der Waals surface area contributed by atoms with E-state index in [1.807, 2.05) is 42.5 Å². The van der Waals surface area contributed by atoms with Gasteiger partial charge in [-0.15, -0.1) is 0 Å². The van der Waals surface area contributed by atoms with Crippen molar-refractivity contribution in [3.05, 3.63) is 101 Å². The first-order valence-electron chi connectivity index (χ1n) is 12.8. The van der Waals surface area contributed by atoms with E-state index in [0.29, 0.717) is 24.3 Å². The van der Waals surface area contributed by atoms with Crippen molar-refractivity contribution in [3.63, 3.8) is 0 Å². The van der Waals surface area contributed by atoms with Gasteiger partial charge in [0.1, 0.15) is 11.9 Å². The molecule has 1 aliphatic heterocycles. The van der Waals surface area contributed by atoms with Crippen LogP contribution in [-0.4, -0.2) is 61.2 Å². The molecule has 3 aromatic rings. The molecule has 0 N–H and O–H groups in total. The van der Waals surface area contributed by atoms with Crippen LogP contribution in [0.3, 0.4) is 0 Å². The van der Waals surface area contributed by atoms with Crippen LogP contribution in [0.1, 0.15) is 22.3 Å². The van der Waals surface area contributed by atoms with E-state index in [2.05, 4.69) is 9.88 Å². The number of benzene rings is 2. The van der Waals surface area contributed by atoms with E-state index in [0.717, 1.165) is 36.6 Å². The number of carbonyl (C=O) groups excluding carboxylic acids is 2. The number of rotatable bonds is 9. The van der Waals surface area contributed by atoms with Crippen LogP contribution in [0, 0.1) is 0 Å². The van der Waals surface area contributed by atoms with Crippen LogP contribution in [0.15, 0.2) is 79.0 Å². The minimum absolute atomic E-state index is 0.0686. The lowest BCUT2D eigenvalue weighted by Crippen LogP contribution is -2.46. The first kappa shape index (κ1) is 28.8. The zero-order valence-electron chi connectivity index (χ0n) is 22.0. The summed E-state index contributed by atoms with van der Waals surface area (Å²) >= 11 is 0. The molecule has 1 saturated heterocycles. The highest BCUT2D eigenvalue weighted by atomic mass is 19.4. The Kier molecular flexibility index (Phi) is 9.55. The second-order valence-corrected chi connectivity index (χ2v) is 9.27. The molecule has 1 atom stereocenters. The number of esters is 1. The van der Waals surface area contributed by atoms with Crippen LogP contribution < -0.4 is 4.90 Å². The monoisotopic (exact) mass is 553 g/mol. The predicted octanol–water partition coefficient (Wildman–Crippen LogP) is 4.76. The van der Waals surface area contributed by atoms with Gasteiger partial charge in [-0.05, 0) is 41.0 Å². The van der Waals surface area contributed by atoms with E-state index in [1.54, 1.807) is 6.20 Å². The predicted molar refractivity (Wildman–Crippen MR) is 144 cm³/mol. The zero-order valence-corrected chi connectivity index (χ0v) is 22.0. The highest BCUT2D eigenvalue weighted by Crippen LogP contribution is 2.29. The van der Waals surface area contributed by atoms with Crippen LogP contribution in [0.5, 0.6) is 0 Å². The summed E-state index contributed by atoms with van der Waals surface area (Å²) in [6, 6.07) is 16.5. The largest absolute Gasteiger partial charge is 0.467 e. The number of nitrogens with zero attached hydrogens (tertiary/aromatic N) is 3. The minimum Gasteiger partial charge on any atom is -0.467 e. The molecule has 0 radical (unpaired) electrons. The molecule has 4 rings (SSSR count). The van der Waals surface area contributed by atoms with Crippen molar-refractivity contribution in [2.24, 2.45) is 0 Å². The number of pyridine rings is 1. The second-order valence-electron chi connectivity index (χ2n) is 9.27. The van der Waals surface area contributed by atoms with Crippen molar-refractivity contribution in [2.75, 3.05) is 38.3 Å². The number of methoxy groups -OCH3 is 1. The van der Waals surface area contributed by atoms with E-state index in [9.17, 15) is 22.8 Å². The van der Waals surface area contributed by atoms with Crippen LogP contribution in [0.2, 0.25) is 0 Å². The topological polar surface area (TPSA) is 72.0 Å². The summed E-state index contributed by atoms with van der Waals surface area (Å²) in [6.45, 7) is 2.77. The van der Waals surface area contributed by atoms with E-state index in [4.69, 9.17) is 9.47 Å². The third-order valence-corrected chi connectivity index (χ3v) is 6.56. The number of alkyl halides is 3. The molecule has 0 bridgehead atoms. The number of hydrogen-bond acceptors (Lipinski definition) is 6. The van der Waals surface area contributed by atoms with Gasteiger partial charge in [0.2, 0.25) is 5.91 Å². The number of amides is 1. The number of hydrogen-bond donors (Lipinski definition) is 0. The summed E-state index contributed by atoms with van der Waals surface area (Å²) in [7, 11) is 1.26. The summed E-state index contributed by atoms with van der Waals surface area (Å²) < 4.78 is 49.2. The van der Waals surface area contributed by atoms with Gasteiger partial charge < -0.3 is 19.3 Å². The maximum Gasteiger partial charge on any atom is 0.416 e. The van der Waals surface area contributed by atoms with E-state index < -0.39 is 29.7 Å². The molecular formula is C30H30F3N3O4. The molecule has 40 heavy (non-hydrogen) atoms. The maximum absolute atomic E-state index is 13.5. The third-order valence-electron chi connectivity index (χ3n) is 6.56. The van der Waals surface area contributed by atoms with Crippen LogP contribution in [0.4, 0.5) is 19.0 Å². The molecule has 1 aromatic heterocycles. The lowest BCUT2D eigenvalue weighted by atomic mass is 10.0. The van der Waals surface area contributed by atoms with Gasteiger partial charge in [0.15, 0.2) is 0 Å². The molecule has 10 heteroatoms. The normalized spacial score (nSPS) is 14.7. The molecule has 0 aliphatic carbocycles. The van der Waals surface area contributed by atoms with Crippen molar-refractivity contribution in [3.8, 4) is 0 Å². The van der Waals surface area contributed by atoms with Crippen molar-refractivity contribution >= 4 is 23.8 Å². The van der Waals surface area contributed by atoms with Gasteiger partial charge in [-0.1, -0.05) is 48.5 Å². The fourth-order valence-corrected chi connectivity index (χ4v) is 4.37. The summed E-state index contributed by atoms with van der Waals surface area (Å²) in [5.41, 5.74) is 1.17. The van der Waals surface area contributed by atoms with Crippen LogP contribution in [0.25, 0.3) is 6.08 Å². The second kappa shape index (κ2) is 13.3. The Morgan fingerprint density at radius 2 is 1.73 bits per heavy atom. The molecule has 0 spiro atoms. The Morgan fingerprint density at radius 1 is 1.02 bits per heavy atom. The van der Waals surface area contributed by atoms with Crippen molar-refractivity contribution in [1.29, 1.82) is 0 Å². The molecule has 0 unspecified atom stereocenters. The molecule has 2 heterocycles. The molecule has 1 fully saturated rings. The maximum atomic E-state index is 13.5. The lowest BCUT2D eigenvalue weighted by Gasteiger charge is -2.30. The Balaban J connectivity index is 1.59. The van der Waals surface area contributed by atoms with Crippen molar-refractivity contribution in [1.82, 2.24) is 9.88 Å².